The van der Waals surface area contributed by atoms with Gasteiger partial charge >= 0.3 is 5.97 Å². The molecule has 1 aromatic carbocycles. The molecule has 0 spiro atoms. The van der Waals surface area contributed by atoms with Crippen LogP contribution >= 0.6 is 15.9 Å². The van der Waals surface area contributed by atoms with Crippen molar-refractivity contribution in [1.29, 1.82) is 0 Å². The number of hydrogen-bond donors (Lipinski definition) is 1. The van der Waals surface area contributed by atoms with E-state index < -0.39 is 5.97 Å². The molecular formula is C14H17BrO4. The molecule has 0 aliphatic heterocycles. The van der Waals surface area contributed by atoms with E-state index in [1.165, 1.54) is 0 Å². The highest BCUT2D eigenvalue weighted by Crippen LogP contribution is 2.48. The highest BCUT2D eigenvalue weighted by Gasteiger charge is 2.35. The smallest absolute Gasteiger partial charge is 0.303 e. The largest absolute Gasteiger partial charge is 0.496 e. The van der Waals surface area contributed by atoms with Crippen molar-refractivity contribution < 1.29 is 19.4 Å². The highest BCUT2D eigenvalue weighted by molar-refractivity contribution is 9.10. The van der Waals surface area contributed by atoms with Gasteiger partial charge in [0.05, 0.1) is 25.1 Å². The first-order valence-corrected chi connectivity index (χ1v) is 6.99. The maximum atomic E-state index is 11.0. The molecule has 1 aromatic rings. The van der Waals surface area contributed by atoms with Crippen molar-refractivity contribution in [1.82, 2.24) is 0 Å². The van der Waals surface area contributed by atoms with E-state index in [9.17, 15) is 4.79 Å². The molecule has 0 bridgehead atoms. The predicted molar refractivity (Wildman–Crippen MR) is 75.0 cm³/mol. The lowest BCUT2D eigenvalue weighted by atomic mass is 9.90. The van der Waals surface area contributed by atoms with Crippen molar-refractivity contribution in [2.75, 3.05) is 14.2 Å². The molecule has 0 heterocycles. The topological polar surface area (TPSA) is 55.8 Å². The summed E-state index contributed by atoms with van der Waals surface area (Å²) in [6.07, 6.45) is 2.31. The van der Waals surface area contributed by atoms with Gasteiger partial charge in [-0.15, -0.1) is 0 Å². The third-order valence-electron chi connectivity index (χ3n) is 3.49. The van der Waals surface area contributed by atoms with E-state index in [0.29, 0.717) is 17.4 Å². The number of carboxylic acid groups (broad SMARTS) is 1. The molecule has 0 saturated heterocycles. The first-order valence-electron chi connectivity index (χ1n) is 6.20. The summed E-state index contributed by atoms with van der Waals surface area (Å²) in [6, 6.07) is 3.72. The Bertz CT molecular complexity index is 483. The number of methoxy groups -OCH3 is 2. The molecule has 1 unspecified atom stereocenters. The average molecular weight is 329 g/mol. The summed E-state index contributed by atoms with van der Waals surface area (Å²) >= 11 is 3.45. The molecule has 0 aromatic heterocycles. The Morgan fingerprint density at radius 1 is 1.37 bits per heavy atom. The number of rotatable bonds is 6. The van der Waals surface area contributed by atoms with Gasteiger partial charge in [0.1, 0.15) is 11.5 Å². The van der Waals surface area contributed by atoms with Crippen LogP contribution in [0, 0.1) is 5.92 Å². The fourth-order valence-corrected chi connectivity index (χ4v) is 2.91. The maximum Gasteiger partial charge on any atom is 0.303 e. The fraction of sp³-hybridized carbons (Fsp3) is 0.500. The molecule has 2 rings (SSSR count). The lowest BCUT2D eigenvalue weighted by Gasteiger charge is -2.19. The van der Waals surface area contributed by atoms with Crippen LogP contribution in [0.15, 0.2) is 16.6 Å². The summed E-state index contributed by atoms with van der Waals surface area (Å²) in [5.41, 5.74) is 0.945. The molecule has 1 saturated carbocycles. The summed E-state index contributed by atoms with van der Waals surface area (Å²) in [7, 11) is 3.19. The van der Waals surface area contributed by atoms with Crippen molar-refractivity contribution in [3.05, 3.63) is 22.2 Å². The Kier molecular flexibility index (Phi) is 4.34. The van der Waals surface area contributed by atoms with E-state index in [1.54, 1.807) is 20.3 Å². The van der Waals surface area contributed by atoms with Crippen molar-refractivity contribution >= 4 is 21.9 Å². The van der Waals surface area contributed by atoms with E-state index in [2.05, 4.69) is 15.9 Å². The van der Waals surface area contributed by atoms with Crippen molar-refractivity contribution in [3.8, 4) is 11.5 Å². The molecule has 104 valence electrons. The molecule has 0 radical (unpaired) electrons. The van der Waals surface area contributed by atoms with E-state index in [1.807, 2.05) is 6.07 Å². The van der Waals surface area contributed by atoms with E-state index in [4.69, 9.17) is 14.6 Å². The Morgan fingerprint density at radius 3 is 2.47 bits per heavy atom. The third kappa shape index (κ3) is 3.21. The average Bonchev–Trinajstić information content (AvgIpc) is 3.19. The quantitative estimate of drug-likeness (QED) is 0.869. The fourth-order valence-electron chi connectivity index (χ4n) is 2.39. The van der Waals surface area contributed by atoms with E-state index in [-0.39, 0.29) is 12.3 Å². The van der Waals surface area contributed by atoms with Gasteiger partial charge in [-0.3, -0.25) is 4.79 Å². The predicted octanol–water partition coefficient (Wildman–Crippen LogP) is 3.43. The number of ether oxygens (including phenoxy) is 2. The van der Waals surface area contributed by atoms with Gasteiger partial charge in [-0.1, -0.05) is 0 Å². The summed E-state index contributed by atoms with van der Waals surface area (Å²) in [5.74, 6) is 1.06. The van der Waals surface area contributed by atoms with Crippen LogP contribution in [0.3, 0.4) is 0 Å². The second-order valence-electron chi connectivity index (χ2n) is 4.77. The van der Waals surface area contributed by atoms with Gasteiger partial charge in [-0.2, -0.15) is 0 Å². The van der Waals surface area contributed by atoms with Gasteiger partial charge in [0.15, 0.2) is 0 Å². The standard InChI is InChI=1S/C14H17BrO4/c1-18-12-7-13(19-2)11(15)5-10(12)9(6-14(16)17)8-3-4-8/h5,7-9H,3-4,6H2,1-2H3,(H,16,17). The molecule has 1 N–H and O–H groups in total. The Morgan fingerprint density at radius 2 is 2.00 bits per heavy atom. The first kappa shape index (κ1) is 14.2. The van der Waals surface area contributed by atoms with Gasteiger partial charge in [-0.25, -0.2) is 0 Å². The van der Waals surface area contributed by atoms with E-state index >= 15 is 0 Å². The van der Waals surface area contributed by atoms with Crippen LogP contribution in [0.1, 0.15) is 30.7 Å². The van der Waals surface area contributed by atoms with Crippen LogP contribution in [0.4, 0.5) is 0 Å². The lowest BCUT2D eigenvalue weighted by Crippen LogP contribution is -2.10. The third-order valence-corrected chi connectivity index (χ3v) is 4.11. The minimum atomic E-state index is -0.772. The van der Waals surface area contributed by atoms with Crippen molar-refractivity contribution in [2.24, 2.45) is 5.92 Å². The molecule has 0 amide bonds. The Balaban J connectivity index is 2.40. The van der Waals surface area contributed by atoms with Crippen molar-refractivity contribution in [2.45, 2.75) is 25.2 Å². The maximum absolute atomic E-state index is 11.0. The normalized spacial score (nSPS) is 15.9. The summed E-state index contributed by atoms with van der Waals surface area (Å²) in [5, 5.41) is 9.08. The van der Waals surface area contributed by atoms with E-state index in [0.717, 1.165) is 22.9 Å². The molecule has 5 heteroatoms. The summed E-state index contributed by atoms with van der Waals surface area (Å²) < 4.78 is 11.4. The number of aliphatic carboxylic acids is 1. The highest BCUT2D eigenvalue weighted by atomic mass is 79.9. The number of carboxylic acids is 1. The van der Waals surface area contributed by atoms with Gasteiger partial charge in [-0.05, 0) is 46.3 Å². The van der Waals surface area contributed by atoms with Crippen LogP contribution in [0.5, 0.6) is 11.5 Å². The minimum Gasteiger partial charge on any atom is -0.496 e. The van der Waals surface area contributed by atoms with Crippen LogP contribution in [0.2, 0.25) is 0 Å². The Hall–Kier alpha value is -1.23. The van der Waals surface area contributed by atoms with Crippen LogP contribution in [0.25, 0.3) is 0 Å². The van der Waals surface area contributed by atoms with Gasteiger partial charge in [0, 0.05) is 12.0 Å². The monoisotopic (exact) mass is 328 g/mol. The van der Waals surface area contributed by atoms with Crippen molar-refractivity contribution in [3.63, 3.8) is 0 Å². The molecule has 1 fully saturated rings. The molecule has 19 heavy (non-hydrogen) atoms. The number of hydrogen-bond acceptors (Lipinski definition) is 3. The van der Waals surface area contributed by atoms with Gasteiger partial charge in [0.25, 0.3) is 0 Å². The summed E-state index contributed by atoms with van der Waals surface area (Å²) in [6.45, 7) is 0. The van der Waals surface area contributed by atoms with Crippen LogP contribution in [-0.4, -0.2) is 25.3 Å². The Labute approximate surface area is 120 Å². The zero-order valence-electron chi connectivity index (χ0n) is 11.0. The SMILES string of the molecule is COc1cc(OC)c(C(CC(=O)O)C2CC2)cc1Br. The molecule has 1 aliphatic carbocycles. The van der Waals surface area contributed by atoms with Crippen LogP contribution < -0.4 is 9.47 Å². The summed E-state index contributed by atoms with van der Waals surface area (Å²) in [4.78, 5) is 11.0. The number of benzene rings is 1. The zero-order valence-corrected chi connectivity index (χ0v) is 12.6. The second kappa shape index (κ2) is 5.82. The first-order chi connectivity index (χ1) is 9.06. The molecular weight excluding hydrogens is 312 g/mol. The van der Waals surface area contributed by atoms with Gasteiger partial charge < -0.3 is 14.6 Å². The minimum absolute atomic E-state index is 0.00894. The van der Waals surface area contributed by atoms with Crippen LogP contribution in [-0.2, 0) is 4.79 Å². The number of halogens is 1. The second-order valence-corrected chi connectivity index (χ2v) is 5.62. The molecule has 1 aliphatic rings. The lowest BCUT2D eigenvalue weighted by molar-refractivity contribution is -0.137. The molecule has 1 atom stereocenters. The molecule has 4 nitrogen and oxygen atoms in total. The van der Waals surface area contributed by atoms with Gasteiger partial charge in [0.2, 0.25) is 0 Å². The number of carbonyl (C=O) groups is 1. The zero-order chi connectivity index (χ0) is 14.0.